The van der Waals surface area contributed by atoms with E-state index in [1.165, 1.54) is 6.08 Å². The lowest BCUT2D eigenvalue weighted by atomic mass is 9.98. The van der Waals surface area contributed by atoms with Crippen LogP contribution in [0.1, 0.15) is 32.3 Å². The van der Waals surface area contributed by atoms with Crippen LogP contribution < -0.4 is 5.32 Å². The second-order valence-corrected chi connectivity index (χ2v) is 6.07. The van der Waals surface area contributed by atoms with Crippen molar-refractivity contribution in [3.63, 3.8) is 0 Å². The number of carbonyl (C=O) groups is 2. The third-order valence-corrected chi connectivity index (χ3v) is 3.25. The minimum atomic E-state index is -0.863. The van der Waals surface area contributed by atoms with E-state index in [4.69, 9.17) is 5.11 Å². The normalized spacial score (nSPS) is 11.6. The van der Waals surface area contributed by atoms with Gasteiger partial charge in [-0.25, -0.2) is 0 Å². The zero-order chi connectivity index (χ0) is 15.2. The Morgan fingerprint density at radius 2 is 1.90 bits per heavy atom. The molecule has 108 valence electrons. The van der Waals surface area contributed by atoms with Crippen molar-refractivity contribution in [2.24, 2.45) is 0 Å². The minimum absolute atomic E-state index is 0.0315. The Balaban J connectivity index is 2.54. The summed E-state index contributed by atoms with van der Waals surface area (Å²) in [5.74, 6) is -1.10. The molecule has 0 fully saturated rings. The van der Waals surface area contributed by atoms with Gasteiger partial charge in [0, 0.05) is 22.5 Å². The first-order chi connectivity index (χ1) is 9.28. The number of benzene rings is 1. The third kappa shape index (κ3) is 6.52. The van der Waals surface area contributed by atoms with E-state index in [9.17, 15) is 9.59 Å². The standard InChI is InChI=1S/C15H18BrNO3/c1-15(2,10-9-14(19)20)17-13(18)8-5-11-3-6-12(16)7-4-11/h3-8H,9-10H2,1-2H3,(H,17,18)(H,19,20). The van der Waals surface area contributed by atoms with E-state index >= 15 is 0 Å². The molecule has 0 radical (unpaired) electrons. The summed E-state index contributed by atoms with van der Waals surface area (Å²) in [7, 11) is 0. The molecule has 1 rings (SSSR count). The highest BCUT2D eigenvalue weighted by Crippen LogP contribution is 2.13. The summed E-state index contributed by atoms with van der Waals surface area (Å²) >= 11 is 3.34. The van der Waals surface area contributed by atoms with Crippen molar-refractivity contribution in [3.8, 4) is 0 Å². The lowest BCUT2D eigenvalue weighted by molar-refractivity contribution is -0.137. The largest absolute Gasteiger partial charge is 0.481 e. The average Bonchev–Trinajstić information content (AvgIpc) is 2.35. The Labute approximate surface area is 127 Å². The number of aliphatic carboxylic acids is 1. The van der Waals surface area contributed by atoms with Crippen LogP contribution in [0.3, 0.4) is 0 Å². The molecule has 0 aliphatic carbocycles. The second-order valence-electron chi connectivity index (χ2n) is 5.15. The van der Waals surface area contributed by atoms with Gasteiger partial charge in [0.25, 0.3) is 0 Å². The van der Waals surface area contributed by atoms with E-state index in [-0.39, 0.29) is 12.3 Å². The molecule has 1 amide bonds. The number of amides is 1. The Bertz CT molecular complexity index is 506. The van der Waals surface area contributed by atoms with Gasteiger partial charge in [0.05, 0.1) is 0 Å². The summed E-state index contributed by atoms with van der Waals surface area (Å²) in [6, 6.07) is 7.58. The SMILES string of the molecule is CC(C)(CCC(=O)O)NC(=O)C=Cc1ccc(Br)cc1. The van der Waals surface area contributed by atoms with Crippen LogP contribution in [0, 0.1) is 0 Å². The number of carbonyl (C=O) groups excluding carboxylic acids is 1. The van der Waals surface area contributed by atoms with Gasteiger partial charge < -0.3 is 10.4 Å². The van der Waals surface area contributed by atoms with Crippen molar-refractivity contribution in [3.05, 3.63) is 40.4 Å². The molecule has 0 saturated heterocycles. The maximum absolute atomic E-state index is 11.8. The van der Waals surface area contributed by atoms with E-state index in [1.54, 1.807) is 19.9 Å². The zero-order valence-electron chi connectivity index (χ0n) is 11.5. The first-order valence-electron chi connectivity index (χ1n) is 6.26. The summed E-state index contributed by atoms with van der Waals surface area (Å²) in [6.07, 6.45) is 3.59. The molecule has 4 nitrogen and oxygen atoms in total. The molecule has 0 unspecified atom stereocenters. The fourth-order valence-corrected chi connectivity index (χ4v) is 1.87. The second kappa shape index (κ2) is 7.24. The maximum Gasteiger partial charge on any atom is 0.303 e. The van der Waals surface area contributed by atoms with Crippen molar-refractivity contribution in [1.82, 2.24) is 5.32 Å². The molecule has 1 aromatic rings. The predicted molar refractivity (Wildman–Crippen MR) is 82.3 cm³/mol. The van der Waals surface area contributed by atoms with Crippen LogP contribution in [0.25, 0.3) is 6.08 Å². The number of hydrogen-bond donors (Lipinski definition) is 2. The maximum atomic E-state index is 11.8. The topological polar surface area (TPSA) is 66.4 Å². The highest BCUT2D eigenvalue weighted by molar-refractivity contribution is 9.10. The summed E-state index contributed by atoms with van der Waals surface area (Å²) in [4.78, 5) is 22.3. The van der Waals surface area contributed by atoms with Crippen molar-refractivity contribution < 1.29 is 14.7 Å². The van der Waals surface area contributed by atoms with Crippen LogP contribution in [0.15, 0.2) is 34.8 Å². The molecule has 5 heteroatoms. The quantitative estimate of drug-likeness (QED) is 0.782. The Morgan fingerprint density at radius 3 is 2.45 bits per heavy atom. The average molecular weight is 340 g/mol. The van der Waals surface area contributed by atoms with Crippen LogP contribution in [0.4, 0.5) is 0 Å². The van der Waals surface area contributed by atoms with Crippen LogP contribution in [0.2, 0.25) is 0 Å². The molecule has 0 aromatic heterocycles. The van der Waals surface area contributed by atoms with E-state index in [1.807, 2.05) is 24.3 Å². The van der Waals surface area contributed by atoms with Gasteiger partial charge in [-0.15, -0.1) is 0 Å². The smallest absolute Gasteiger partial charge is 0.303 e. The molecule has 0 heterocycles. The highest BCUT2D eigenvalue weighted by Gasteiger charge is 2.20. The summed E-state index contributed by atoms with van der Waals surface area (Å²) in [5.41, 5.74) is 0.381. The van der Waals surface area contributed by atoms with Crippen LogP contribution >= 0.6 is 15.9 Å². The van der Waals surface area contributed by atoms with E-state index < -0.39 is 11.5 Å². The van der Waals surface area contributed by atoms with Gasteiger partial charge in [-0.05, 0) is 44.0 Å². The molecule has 20 heavy (non-hydrogen) atoms. The summed E-state index contributed by atoms with van der Waals surface area (Å²) < 4.78 is 0.980. The fourth-order valence-electron chi connectivity index (χ4n) is 1.60. The van der Waals surface area contributed by atoms with Gasteiger partial charge in [-0.1, -0.05) is 28.1 Å². The first kappa shape index (κ1) is 16.4. The molecule has 2 N–H and O–H groups in total. The number of halogens is 1. The molecule has 0 atom stereocenters. The Kier molecular flexibility index (Phi) is 5.95. The summed E-state index contributed by atoms with van der Waals surface area (Å²) in [5, 5.41) is 11.4. The van der Waals surface area contributed by atoms with Gasteiger partial charge >= 0.3 is 5.97 Å². The lowest BCUT2D eigenvalue weighted by Crippen LogP contribution is -2.42. The van der Waals surface area contributed by atoms with Gasteiger partial charge in [0.15, 0.2) is 0 Å². The van der Waals surface area contributed by atoms with Crippen LogP contribution in [0.5, 0.6) is 0 Å². The zero-order valence-corrected chi connectivity index (χ0v) is 13.1. The lowest BCUT2D eigenvalue weighted by Gasteiger charge is -2.24. The molecule has 0 aliphatic heterocycles. The molecule has 0 saturated carbocycles. The molecule has 0 spiro atoms. The number of carboxylic acid groups (broad SMARTS) is 1. The highest BCUT2D eigenvalue weighted by atomic mass is 79.9. The molecule has 0 aliphatic rings. The van der Waals surface area contributed by atoms with Gasteiger partial charge in [-0.2, -0.15) is 0 Å². The fraction of sp³-hybridized carbons (Fsp3) is 0.333. The Hall–Kier alpha value is -1.62. The Morgan fingerprint density at radius 1 is 1.30 bits per heavy atom. The van der Waals surface area contributed by atoms with Gasteiger partial charge in [-0.3, -0.25) is 9.59 Å². The first-order valence-corrected chi connectivity index (χ1v) is 7.05. The van der Waals surface area contributed by atoms with E-state index in [0.29, 0.717) is 6.42 Å². The summed E-state index contributed by atoms with van der Waals surface area (Å²) in [6.45, 7) is 3.61. The van der Waals surface area contributed by atoms with Crippen molar-refractivity contribution >= 4 is 33.9 Å². The van der Waals surface area contributed by atoms with E-state index in [0.717, 1.165) is 10.0 Å². The molecule has 0 bridgehead atoms. The number of hydrogen-bond acceptors (Lipinski definition) is 2. The number of nitrogens with one attached hydrogen (secondary N) is 1. The van der Waals surface area contributed by atoms with Crippen molar-refractivity contribution in [2.45, 2.75) is 32.2 Å². The van der Waals surface area contributed by atoms with Crippen molar-refractivity contribution in [1.29, 1.82) is 0 Å². The molecular formula is C15H18BrNO3. The van der Waals surface area contributed by atoms with Crippen LogP contribution in [-0.4, -0.2) is 22.5 Å². The van der Waals surface area contributed by atoms with Crippen LogP contribution in [-0.2, 0) is 9.59 Å². The third-order valence-electron chi connectivity index (χ3n) is 2.72. The van der Waals surface area contributed by atoms with Gasteiger partial charge in [0.1, 0.15) is 0 Å². The number of rotatable bonds is 6. The predicted octanol–water partition coefficient (Wildman–Crippen LogP) is 3.22. The molecular weight excluding hydrogens is 322 g/mol. The van der Waals surface area contributed by atoms with E-state index in [2.05, 4.69) is 21.2 Å². The van der Waals surface area contributed by atoms with Crippen molar-refractivity contribution in [2.75, 3.05) is 0 Å². The molecule has 1 aromatic carbocycles. The monoisotopic (exact) mass is 339 g/mol. The van der Waals surface area contributed by atoms with Gasteiger partial charge in [0.2, 0.25) is 5.91 Å². The number of carboxylic acids is 1. The minimum Gasteiger partial charge on any atom is -0.481 e.